The third kappa shape index (κ3) is 7.16. The van der Waals surface area contributed by atoms with Crippen molar-refractivity contribution in [3.63, 3.8) is 0 Å². The average Bonchev–Trinajstić information content (AvgIpc) is 2.85. The molecular weight excluding hydrogens is 426 g/mol. The fourth-order valence-corrected chi connectivity index (χ4v) is 3.76. The summed E-state index contributed by atoms with van der Waals surface area (Å²) in [6.07, 6.45) is 0.860. The van der Waals surface area contributed by atoms with Crippen molar-refractivity contribution in [2.75, 3.05) is 4.90 Å². The molecule has 0 aliphatic heterocycles. The molecule has 0 fully saturated rings. The number of anilines is 3. The fourth-order valence-electron chi connectivity index (χ4n) is 3.76. The molecule has 0 radical (unpaired) electrons. The van der Waals surface area contributed by atoms with Crippen LogP contribution >= 0.6 is 0 Å². The Balaban J connectivity index is 0.000000214. The maximum Gasteiger partial charge on any atom is 0.150 e. The summed E-state index contributed by atoms with van der Waals surface area (Å²) < 4.78 is 0. The molecule has 0 spiro atoms. The van der Waals surface area contributed by atoms with Gasteiger partial charge >= 0.3 is 0 Å². The zero-order chi connectivity index (χ0) is 25.5. The van der Waals surface area contributed by atoms with E-state index in [-0.39, 0.29) is 10.8 Å². The van der Waals surface area contributed by atoms with Gasteiger partial charge in [0.1, 0.15) is 6.29 Å². The Morgan fingerprint density at radius 3 is 1.29 bits per heavy atom. The molecule has 2 heteroatoms. The molecule has 0 aliphatic rings. The smallest absolute Gasteiger partial charge is 0.150 e. The predicted octanol–water partition coefficient (Wildman–Crippen LogP) is 9.25. The van der Waals surface area contributed by atoms with Crippen LogP contribution in [-0.2, 0) is 10.8 Å². The first-order valence-corrected chi connectivity index (χ1v) is 12.2. The van der Waals surface area contributed by atoms with Crippen LogP contribution in [0.5, 0.6) is 0 Å². The van der Waals surface area contributed by atoms with E-state index in [0.717, 1.165) is 23.3 Å². The summed E-state index contributed by atoms with van der Waals surface area (Å²) in [5, 5.41) is 0. The molecule has 2 nitrogen and oxygen atoms in total. The SMILES string of the molecule is CC(C)(C)c1cccc(C(C)(C)C)c1.O=Cc1ccc(N(c2ccccc2)c2ccccc2)cc1. The first kappa shape index (κ1) is 26.0. The van der Waals surface area contributed by atoms with Gasteiger partial charge in [-0.25, -0.2) is 0 Å². The van der Waals surface area contributed by atoms with Crippen molar-refractivity contribution < 1.29 is 4.79 Å². The van der Waals surface area contributed by atoms with Crippen LogP contribution in [0.1, 0.15) is 63.0 Å². The molecule has 0 aromatic heterocycles. The van der Waals surface area contributed by atoms with Crippen molar-refractivity contribution in [1.82, 2.24) is 0 Å². The van der Waals surface area contributed by atoms with Crippen LogP contribution in [0.2, 0.25) is 0 Å². The molecule has 0 unspecified atom stereocenters. The summed E-state index contributed by atoms with van der Waals surface area (Å²) in [5.41, 5.74) is 7.22. The number of nitrogens with zero attached hydrogens (tertiary/aromatic N) is 1. The van der Waals surface area contributed by atoms with Crippen LogP contribution in [-0.4, -0.2) is 6.29 Å². The summed E-state index contributed by atoms with van der Waals surface area (Å²) in [5.74, 6) is 0. The average molecular weight is 464 g/mol. The van der Waals surface area contributed by atoms with Crippen molar-refractivity contribution in [2.24, 2.45) is 0 Å². The minimum atomic E-state index is 0.251. The van der Waals surface area contributed by atoms with E-state index in [4.69, 9.17) is 0 Å². The number of carbonyl (C=O) groups is 1. The molecule has 35 heavy (non-hydrogen) atoms. The summed E-state index contributed by atoms with van der Waals surface area (Å²) in [4.78, 5) is 13.0. The van der Waals surface area contributed by atoms with E-state index in [9.17, 15) is 4.79 Å². The molecule has 0 saturated heterocycles. The van der Waals surface area contributed by atoms with E-state index in [1.807, 2.05) is 60.7 Å². The van der Waals surface area contributed by atoms with Crippen LogP contribution in [0.4, 0.5) is 17.1 Å². The first-order valence-electron chi connectivity index (χ1n) is 12.2. The Labute approximate surface area is 211 Å². The van der Waals surface area contributed by atoms with Crippen LogP contribution in [0.15, 0.2) is 109 Å². The monoisotopic (exact) mass is 463 g/mol. The van der Waals surface area contributed by atoms with Gasteiger partial charge in [-0.3, -0.25) is 4.79 Å². The largest absolute Gasteiger partial charge is 0.311 e. The molecule has 0 amide bonds. The van der Waals surface area contributed by atoms with Crippen molar-refractivity contribution in [3.8, 4) is 0 Å². The van der Waals surface area contributed by atoms with E-state index in [1.54, 1.807) is 0 Å². The normalized spacial score (nSPS) is 11.3. The second kappa shape index (κ2) is 11.2. The quantitative estimate of drug-likeness (QED) is 0.281. The summed E-state index contributed by atoms with van der Waals surface area (Å²) in [7, 11) is 0. The second-order valence-corrected chi connectivity index (χ2v) is 10.8. The highest BCUT2D eigenvalue weighted by atomic mass is 16.1. The Morgan fingerprint density at radius 1 is 0.514 bits per heavy atom. The maximum atomic E-state index is 10.8. The topological polar surface area (TPSA) is 20.3 Å². The second-order valence-electron chi connectivity index (χ2n) is 10.8. The fraction of sp³-hybridized carbons (Fsp3) is 0.242. The number of aldehydes is 1. The molecule has 4 rings (SSSR count). The van der Waals surface area contributed by atoms with E-state index in [0.29, 0.717) is 5.56 Å². The molecule has 0 aliphatic carbocycles. The first-order chi connectivity index (χ1) is 16.6. The van der Waals surface area contributed by atoms with Gasteiger partial charge in [0.25, 0.3) is 0 Å². The van der Waals surface area contributed by atoms with Crippen molar-refractivity contribution >= 4 is 23.3 Å². The highest BCUT2D eigenvalue weighted by molar-refractivity contribution is 5.80. The molecule has 180 valence electrons. The molecule has 0 saturated carbocycles. The zero-order valence-corrected chi connectivity index (χ0v) is 21.8. The standard InChI is InChI=1S/C19H15NO.C14H22/c21-15-16-11-13-19(14-12-16)20(17-7-3-1-4-8-17)18-9-5-2-6-10-18;1-13(2,3)11-8-7-9-12(10-11)14(4,5)6/h1-15H;7-10H,1-6H3. The number of hydrogen-bond donors (Lipinski definition) is 0. The van der Waals surface area contributed by atoms with Gasteiger partial charge in [0.15, 0.2) is 0 Å². The van der Waals surface area contributed by atoms with Gasteiger partial charge < -0.3 is 4.90 Å². The van der Waals surface area contributed by atoms with Gasteiger partial charge in [-0.15, -0.1) is 0 Å². The highest BCUT2D eigenvalue weighted by Crippen LogP contribution is 2.34. The van der Waals surface area contributed by atoms with E-state index in [1.165, 1.54) is 11.1 Å². The molecular formula is C33H37NO. The molecule has 4 aromatic rings. The van der Waals surface area contributed by atoms with Gasteiger partial charge in [0, 0.05) is 22.6 Å². The minimum absolute atomic E-state index is 0.251. The molecule has 4 aromatic carbocycles. The maximum absolute atomic E-state index is 10.8. The summed E-state index contributed by atoms with van der Waals surface area (Å²) in [6, 6.07) is 36.9. The number of hydrogen-bond acceptors (Lipinski definition) is 2. The molecule has 0 atom stereocenters. The zero-order valence-electron chi connectivity index (χ0n) is 21.8. The lowest BCUT2D eigenvalue weighted by Crippen LogP contribution is -2.15. The highest BCUT2D eigenvalue weighted by Gasteiger charge is 2.18. The van der Waals surface area contributed by atoms with Gasteiger partial charge in [-0.1, -0.05) is 102 Å². The summed E-state index contributed by atoms with van der Waals surface area (Å²) >= 11 is 0. The van der Waals surface area contributed by atoms with Crippen molar-refractivity contribution in [1.29, 1.82) is 0 Å². The van der Waals surface area contributed by atoms with Crippen molar-refractivity contribution in [3.05, 3.63) is 126 Å². The number of para-hydroxylation sites is 2. The number of rotatable bonds is 4. The minimum Gasteiger partial charge on any atom is -0.311 e. The van der Waals surface area contributed by atoms with Gasteiger partial charge in [-0.05, 0) is 70.5 Å². The van der Waals surface area contributed by atoms with Gasteiger partial charge in [0.05, 0.1) is 0 Å². The Morgan fingerprint density at radius 2 is 0.914 bits per heavy atom. The molecule has 0 heterocycles. The van der Waals surface area contributed by atoms with Gasteiger partial charge in [0.2, 0.25) is 0 Å². The summed E-state index contributed by atoms with van der Waals surface area (Å²) in [6.45, 7) is 13.6. The lowest BCUT2D eigenvalue weighted by atomic mass is 9.81. The van der Waals surface area contributed by atoms with Gasteiger partial charge in [-0.2, -0.15) is 0 Å². The lowest BCUT2D eigenvalue weighted by Gasteiger charge is -2.25. The van der Waals surface area contributed by atoms with Crippen LogP contribution < -0.4 is 4.90 Å². The number of benzene rings is 4. The lowest BCUT2D eigenvalue weighted by molar-refractivity contribution is 0.112. The predicted molar refractivity (Wildman–Crippen MR) is 150 cm³/mol. The Kier molecular flexibility index (Phi) is 8.30. The molecule has 0 bridgehead atoms. The van der Waals surface area contributed by atoms with Crippen LogP contribution in [0, 0.1) is 0 Å². The van der Waals surface area contributed by atoms with E-state index < -0.39 is 0 Å². The molecule has 0 N–H and O–H groups in total. The van der Waals surface area contributed by atoms with Crippen LogP contribution in [0.3, 0.4) is 0 Å². The van der Waals surface area contributed by atoms with Crippen LogP contribution in [0.25, 0.3) is 0 Å². The third-order valence-corrected chi connectivity index (χ3v) is 5.91. The Hall–Kier alpha value is -3.65. The Bertz CT molecular complexity index is 1130. The number of carbonyl (C=O) groups excluding carboxylic acids is 1. The third-order valence-electron chi connectivity index (χ3n) is 5.91. The van der Waals surface area contributed by atoms with Crippen molar-refractivity contribution in [2.45, 2.75) is 52.4 Å². The van der Waals surface area contributed by atoms with E-state index >= 15 is 0 Å². The van der Waals surface area contributed by atoms with E-state index in [2.05, 4.69) is 95.0 Å².